The Morgan fingerprint density at radius 2 is 1.36 bits per heavy atom. The van der Waals surface area contributed by atoms with Crippen LogP contribution in [0, 0.1) is 13.8 Å². The van der Waals surface area contributed by atoms with Crippen LogP contribution in [0.5, 0.6) is 11.5 Å². The summed E-state index contributed by atoms with van der Waals surface area (Å²) >= 11 is 0. The number of hydrogen-bond acceptors (Lipinski definition) is 5. The molecular weight excluding hydrogens is 437 g/mol. The Hall–Kier alpha value is -3.29. The number of halogens is 3. The third kappa shape index (κ3) is 5.94. The molecule has 0 spiro atoms. The number of allylic oxidation sites excluding steroid dienone is 1. The molecule has 0 amide bonds. The monoisotopic (exact) mass is 464 g/mol. The molecule has 0 saturated carbocycles. The summed E-state index contributed by atoms with van der Waals surface area (Å²) in [5, 5.41) is 0. The van der Waals surface area contributed by atoms with Gasteiger partial charge in [-0.1, -0.05) is 12.1 Å². The van der Waals surface area contributed by atoms with Gasteiger partial charge in [-0.25, -0.2) is 4.79 Å². The zero-order valence-corrected chi connectivity index (χ0v) is 19.6. The molecule has 0 aliphatic heterocycles. The van der Waals surface area contributed by atoms with Gasteiger partial charge in [0.25, 0.3) is 0 Å². The predicted octanol–water partition coefficient (Wildman–Crippen LogP) is 6.19. The maximum absolute atomic E-state index is 12.8. The van der Waals surface area contributed by atoms with E-state index in [0.717, 1.165) is 24.3 Å². The standard InChI is InChI=1S/C25H27F3O5/c1-14-20(23(30)33-24(3,4)5)15(2)22(32-7)18(21(14)31-6)12-13-19(29)16-8-10-17(11-9-16)25(26,27)28/h8-13H,1-7H3. The Labute approximate surface area is 191 Å². The van der Waals surface area contributed by atoms with Crippen molar-refractivity contribution in [2.45, 2.75) is 46.4 Å². The van der Waals surface area contributed by atoms with Gasteiger partial charge in [-0.15, -0.1) is 0 Å². The molecule has 0 N–H and O–H groups in total. The fourth-order valence-corrected chi connectivity index (χ4v) is 3.41. The molecule has 178 valence electrons. The smallest absolute Gasteiger partial charge is 0.416 e. The van der Waals surface area contributed by atoms with Gasteiger partial charge in [-0.2, -0.15) is 13.2 Å². The molecular formula is C25H27F3O5. The molecule has 0 aliphatic carbocycles. The highest BCUT2D eigenvalue weighted by Crippen LogP contribution is 2.40. The zero-order chi connectivity index (χ0) is 25.1. The summed E-state index contributed by atoms with van der Waals surface area (Å²) in [5.74, 6) is -0.408. The molecule has 0 aromatic heterocycles. The van der Waals surface area contributed by atoms with Gasteiger partial charge in [-0.05, 0) is 58.9 Å². The topological polar surface area (TPSA) is 61.8 Å². The third-order valence-corrected chi connectivity index (χ3v) is 4.83. The highest BCUT2D eigenvalue weighted by Gasteiger charge is 2.30. The Balaban J connectivity index is 2.51. The Bertz CT molecular complexity index is 1040. The number of methoxy groups -OCH3 is 2. The van der Waals surface area contributed by atoms with Gasteiger partial charge in [0.1, 0.15) is 17.1 Å². The van der Waals surface area contributed by atoms with Crippen molar-refractivity contribution in [3.63, 3.8) is 0 Å². The molecule has 2 aromatic rings. The van der Waals surface area contributed by atoms with Gasteiger partial charge in [0, 0.05) is 16.7 Å². The first-order valence-electron chi connectivity index (χ1n) is 10.1. The van der Waals surface area contributed by atoms with Gasteiger partial charge >= 0.3 is 12.1 Å². The number of benzene rings is 2. The summed E-state index contributed by atoms with van der Waals surface area (Å²) in [7, 11) is 2.84. The second kappa shape index (κ2) is 9.68. The van der Waals surface area contributed by atoms with Crippen LogP contribution in [-0.4, -0.2) is 31.6 Å². The average Bonchev–Trinajstić information content (AvgIpc) is 2.70. The quantitative estimate of drug-likeness (QED) is 0.290. The number of ketones is 1. The largest absolute Gasteiger partial charge is 0.496 e. The Morgan fingerprint density at radius 3 is 1.76 bits per heavy atom. The number of carbonyl (C=O) groups excluding carboxylic acids is 2. The lowest BCUT2D eigenvalue weighted by Crippen LogP contribution is -2.25. The first-order valence-corrected chi connectivity index (χ1v) is 10.1. The minimum Gasteiger partial charge on any atom is -0.496 e. The van der Waals surface area contributed by atoms with E-state index in [1.54, 1.807) is 34.6 Å². The van der Waals surface area contributed by atoms with Crippen molar-refractivity contribution >= 4 is 17.8 Å². The molecule has 0 fully saturated rings. The van der Waals surface area contributed by atoms with Crippen LogP contribution < -0.4 is 9.47 Å². The first-order chi connectivity index (χ1) is 15.2. The van der Waals surface area contributed by atoms with Gasteiger partial charge in [-0.3, -0.25) is 4.79 Å². The van der Waals surface area contributed by atoms with E-state index in [4.69, 9.17) is 14.2 Å². The molecule has 2 rings (SSSR count). The van der Waals surface area contributed by atoms with E-state index < -0.39 is 29.1 Å². The minimum atomic E-state index is -4.48. The molecule has 0 aliphatic rings. The van der Waals surface area contributed by atoms with E-state index in [0.29, 0.717) is 33.8 Å². The van der Waals surface area contributed by atoms with Crippen LogP contribution in [-0.2, 0) is 10.9 Å². The SMILES string of the molecule is COc1c(C)c(C(=O)OC(C)(C)C)c(C)c(OC)c1C=CC(=O)c1ccc(C(F)(F)F)cc1. The highest BCUT2D eigenvalue weighted by atomic mass is 19.4. The molecule has 0 unspecified atom stereocenters. The van der Waals surface area contributed by atoms with Crippen molar-refractivity contribution in [3.8, 4) is 11.5 Å². The summed E-state index contributed by atoms with van der Waals surface area (Å²) < 4.78 is 54.8. The predicted molar refractivity (Wildman–Crippen MR) is 119 cm³/mol. The van der Waals surface area contributed by atoms with Crippen LogP contribution in [0.25, 0.3) is 6.08 Å². The maximum atomic E-state index is 12.8. The fraction of sp³-hybridized carbons (Fsp3) is 0.360. The van der Waals surface area contributed by atoms with Crippen LogP contribution in [0.15, 0.2) is 30.3 Å². The Morgan fingerprint density at radius 1 is 0.879 bits per heavy atom. The van der Waals surface area contributed by atoms with Crippen molar-refractivity contribution in [1.29, 1.82) is 0 Å². The van der Waals surface area contributed by atoms with Crippen molar-refractivity contribution < 1.29 is 37.0 Å². The van der Waals surface area contributed by atoms with Gasteiger partial charge in [0.2, 0.25) is 0 Å². The molecule has 0 atom stereocenters. The third-order valence-electron chi connectivity index (χ3n) is 4.83. The molecule has 33 heavy (non-hydrogen) atoms. The van der Waals surface area contributed by atoms with Crippen LogP contribution in [0.2, 0.25) is 0 Å². The van der Waals surface area contributed by atoms with E-state index >= 15 is 0 Å². The molecule has 8 heteroatoms. The summed E-state index contributed by atoms with van der Waals surface area (Å²) in [6, 6.07) is 3.94. The first kappa shape index (κ1) is 26.0. The van der Waals surface area contributed by atoms with E-state index in [2.05, 4.69) is 0 Å². The van der Waals surface area contributed by atoms with Gasteiger partial charge in [0.05, 0.1) is 30.9 Å². The summed E-state index contributed by atoms with van der Waals surface area (Å²) in [6.45, 7) is 8.66. The van der Waals surface area contributed by atoms with Crippen molar-refractivity contribution in [2.24, 2.45) is 0 Å². The van der Waals surface area contributed by atoms with Gasteiger partial charge in [0.15, 0.2) is 5.78 Å². The molecule has 0 radical (unpaired) electrons. The number of rotatable bonds is 6. The number of esters is 1. The number of alkyl halides is 3. The van der Waals surface area contributed by atoms with E-state index in [1.165, 1.54) is 26.4 Å². The maximum Gasteiger partial charge on any atom is 0.416 e. The number of ether oxygens (including phenoxy) is 3. The zero-order valence-electron chi connectivity index (χ0n) is 19.6. The van der Waals surface area contributed by atoms with Crippen LogP contribution in [0.3, 0.4) is 0 Å². The minimum absolute atomic E-state index is 0.0935. The van der Waals surface area contributed by atoms with Crippen LogP contribution >= 0.6 is 0 Å². The lowest BCUT2D eigenvalue weighted by Gasteiger charge is -2.24. The van der Waals surface area contributed by atoms with Crippen LogP contribution in [0.1, 0.15) is 63.7 Å². The Kier molecular flexibility index (Phi) is 7.62. The van der Waals surface area contributed by atoms with E-state index in [-0.39, 0.29) is 5.56 Å². The molecule has 0 bridgehead atoms. The summed E-state index contributed by atoms with van der Waals surface area (Å²) in [6.07, 6.45) is -1.81. The second-order valence-electron chi connectivity index (χ2n) is 8.38. The highest BCUT2D eigenvalue weighted by molar-refractivity contribution is 6.07. The normalized spacial score (nSPS) is 12.1. The summed E-state index contributed by atoms with van der Waals surface area (Å²) in [5.41, 5.74) is 0.278. The van der Waals surface area contributed by atoms with E-state index in [9.17, 15) is 22.8 Å². The summed E-state index contributed by atoms with van der Waals surface area (Å²) in [4.78, 5) is 25.4. The molecule has 5 nitrogen and oxygen atoms in total. The molecule has 0 heterocycles. The van der Waals surface area contributed by atoms with Crippen molar-refractivity contribution in [2.75, 3.05) is 14.2 Å². The fourth-order valence-electron chi connectivity index (χ4n) is 3.41. The lowest BCUT2D eigenvalue weighted by molar-refractivity contribution is -0.137. The lowest BCUT2D eigenvalue weighted by atomic mass is 9.95. The number of hydrogen-bond donors (Lipinski definition) is 0. The number of carbonyl (C=O) groups is 2. The van der Waals surface area contributed by atoms with E-state index in [1.807, 2.05) is 0 Å². The van der Waals surface area contributed by atoms with Gasteiger partial charge < -0.3 is 14.2 Å². The van der Waals surface area contributed by atoms with Crippen molar-refractivity contribution in [1.82, 2.24) is 0 Å². The average molecular weight is 464 g/mol. The molecule has 2 aromatic carbocycles. The second-order valence-corrected chi connectivity index (χ2v) is 8.38. The van der Waals surface area contributed by atoms with Crippen LogP contribution in [0.4, 0.5) is 13.2 Å². The van der Waals surface area contributed by atoms with Crippen molar-refractivity contribution in [3.05, 3.63) is 63.7 Å². The molecule has 0 saturated heterocycles.